The Morgan fingerprint density at radius 2 is 2.12 bits per heavy atom. The number of thiazole rings is 1. The zero-order valence-corrected chi connectivity index (χ0v) is 11.4. The van der Waals surface area contributed by atoms with Crippen molar-refractivity contribution in [1.82, 2.24) is 4.98 Å². The van der Waals surface area contributed by atoms with Gasteiger partial charge in [0.05, 0.1) is 0 Å². The van der Waals surface area contributed by atoms with E-state index in [-0.39, 0.29) is 5.82 Å². The van der Waals surface area contributed by atoms with E-state index in [1.807, 2.05) is 6.20 Å². The van der Waals surface area contributed by atoms with Gasteiger partial charge in [0.1, 0.15) is 10.8 Å². The minimum Gasteiger partial charge on any atom is -0.244 e. The van der Waals surface area contributed by atoms with E-state index in [2.05, 4.69) is 34.8 Å². The molecule has 84 valence electrons. The summed E-state index contributed by atoms with van der Waals surface area (Å²) in [5, 5.41) is 0.738. The number of rotatable bonds is 2. The van der Waals surface area contributed by atoms with Gasteiger partial charge in [0.15, 0.2) is 0 Å². The molecule has 1 aromatic carbocycles. The molecule has 0 saturated heterocycles. The Labute approximate surface area is 106 Å². The van der Waals surface area contributed by atoms with Gasteiger partial charge >= 0.3 is 0 Å². The summed E-state index contributed by atoms with van der Waals surface area (Å²) in [5.41, 5.74) is 0.561. The molecule has 1 nitrogen and oxygen atoms in total. The average molecular weight is 300 g/mol. The van der Waals surface area contributed by atoms with Crippen LogP contribution in [0.4, 0.5) is 4.39 Å². The minimum absolute atomic E-state index is 0.229. The molecule has 2 aromatic rings. The standard InChI is InChI=1S/C12H11BrFNS/c1-7(2)11-6-15-12(16-11)9-5-8(13)3-4-10(9)14/h3-7H,1-2H3. The Morgan fingerprint density at radius 3 is 2.75 bits per heavy atom. The van der Waals surface area contributed by atoms with Gasteiger partial charge in [0, 0.05) is 21.1 Å². The molecule has 0 N–H and O–H groups in total. The van der Waals surface area contributed by atoms with Gasteiger partial charge in [-0.1, -0.05) is 29.8 Å². The lowest BCUT2D eigenvalue weighted by molar-refractivity contribution is 0.631. The van der Waals surface area contributed by atoms with Crippen LogP contribution in [0.5, 0.6) is 0 Å². The number of halogens is 2. The maximum atomic E-state index is 13.6. The van der Waals surface area contributed by atoms with E-state index in [4.69, 9.17) is 0 Å². The zero-order chi connectivity index (χ0) is 11.7. The van der Waals surface area contributed by atoms with Crippen LogP contribution in [0.3, 0.4) is 0 Å². The largest absolute Gasteiger partial charge is 0.244 e. The van der Waals surface area contributed by atoms with Crippen molar-refractivity contribution in [2.75, 3.05) is 0 Å². The first-order valence-electron chi connectivity index (χ1n) is 4.99. The Bertz CT molecular complexity index is 507. The Morgan fingerprint density at radius 1 is 1.38 bits per heavy atom. The minimum atomic E-state index is -0.229. The van der Waals surface area contributed by atoms with Crippen LogP contribution >= 0.6 is 27.3 Å². The average Bonchev–Trinajstić information content (AvgIpc) is 2.70. The van der Waals surface area contributed by atoms with Crippen molar-refractivity contribution in [2.24, 2.45) is 0 Å². The highest BCUT2D eigenvalue weighted by Crippen LogP contribution is 2.32. The molecule has 1 aromatic heterocycles. The van der Waals surface area contributed by atoms with Crippen LogP contribution in [-0.4, -0.2) is 4.98 Å². The smallest absolute Gasteiger partial charge is 0.133 e. The van der Waals surface area contributed by atoms with Crippen molar-refractivity contribution >= 4 is 27.3 Å². The lowest BCUT2D eigenvalue weighted by Crippen LogP contribution is -1.82. The van der Waals surface area contributed by atoms with Crippen molar-refractivity contribution in [1.29, 1.82) is 0 Å². The number of nitrogens with zero attached hydrogens (tertiary/aromatic N) is 1. The number of benzene rings is 1. The van der Waals surface area contributed by atoms with Gasteiger partial charge in [-0.2, -0.15) is 0 Å². The fourth-order valence-electron chi connectivity index (χ4n) is 1.34. The van der Waals surface area contributed by atoms with E-state index >= 15 is 0 Å². The second kappa shape index (κ2) is 4.63. The van der Waals surface area contributed by atoms with Crippen LogP contribution in [0.15, 0.2) is 28.9 Å². The highest BCUT2D eigenvalue weighted by Gasteiger charge is 2.11. The van der Waals surface area contributed by atoms with Gasteiger partial charge in [0.25, 0.3) is 0 Å². The lowest BCUT2D eigenvalue weighted by Gasteiger charge is -2.00. The molecule has 2 rings (SSSR count). The molecule has 0 bridgehead atoms. The monoisotopic (exact) mass is 299 g/mol. The summed E-state index contributed by atoms with van der Waals surface area (Å²) in [7, 11) is 0. The molecule has 0 aliphatic carbocycles. The van der Waals surface area contributed by atoms with E-state index in [0.29, 0.717) is 11.5 Å². The van der Waals surface area contributed by atoms with Gasteiger partial charge in [0.2, 0.25) is 0 Å². The molecule has 0 aliphatic rings. The second-order valence-corrected chi connectivity index (χ2v) is 5.82. The molecule has 16 heavy (non-hydrogen) atoms. The Hall–Kier alpha value is -0.740. The van der Waals surface area contributed by atoms with Crippen molar-refractivity contribution in [3.8, 4) is 10.6 Å². The Kier molecular flexibility index (Phi) is 3.40. The van der Waals surface area contributed by atoms with Crippen LogP contribution in [0, 0.1) is 5.82 Å². The van der Waals surface area contributed by atoms with Crippen molar-refractivity contribution in [3.63, 3.8) is 0 Å². The predicted molar refractivity (Wildman–Crippen MR) is 69.3 cm³/mol. The lowest BCUT2D eigenvalue weighted by atomic mass is 10.2. The van der Waals surface area contributed by atoms with E-state index in [9.17, 15) is 4.39 Å². The molecular weight excluding hydrogens is 289 g/mol. The van der Waals surface area contributed by atoms with Crippen LogP contribution in [0.2, 0.25) is 0 Å². The molecule has 0 unspecified atom stereocenters. The molecule has 0 spiro atoms. The molecule has 0 amide bonds. The molecule has 0 aliphatic heterocycles. The molecule has 0 saturated carbocycles. The molecular formula is C12H11BrFNS. The van der Waals surface area contributed by atoms with Crippen LogP contribution in [0.1, 0.15) is 24.6 Å². The fourth-order valence-corrected chi connectivity index (χ4v) is 2.64. The maximum Gasteiger partial charge on any atom is 0.133 e. The third-order valence-corrected chi connectivity index (χ3v) is 4.08. The van der Waals surface area contributed by atoms with E-state index in [1.54, 1.807) is 23.5 Å². The SMILES string of the molecule is CC(C)c1cnc(-c2cc(Br)ccc2F)s1. The number of hydrogen-bond donors (Lipinski definition) is 0. The van der Waals surface area contributed by atoms with Gasteiger partial charge in [-0.15, -0.1) is 11.3 Å². The quantitative estimate of drug-likeness (QED) is 0.773. The summed E-state index contributed by atoms with van der Waals surface area (Å²) in [6.45, 7) is 4.21. The highest BCUT2D eigenvalue weighted by molar-refractivity contribution is 9.10. The van der Waals surface area contributed by atoms with E-state index in [1.165, 1.54) is 10.9 Å². The summed E-state index contributed by atoms with van der Waals surface area (Å²) in [4.78, 5) is 5.44. The van der Waals surface area contributed by atoms with E-state index in [0.717, 1.165) is 9.48 Å². The van der Waals surface area contributed by atoms with Gasteiger partial charge in [-0.05, 0) is 24.1 Å². The summed E-state index contributed by atoms with van der Waals surface area (Å²) in [6, 6.07) is 4.91. The van der Waals surface area contributed by atoms with Gasteiger partial charge < -0.3 is 0 Å². The second-order valence-electron chi connectivity index (χ2n) is 3.85. The molecule has 0 radical (unpaired) electrons. The third kappa shape index (κ3) is 2.33. The number of hydrogen-bond acceptors (Lipinski definition) is 2. The van der Waals surface area contributed by atoms with Crippen LogP contribution in [-0.2, 0) is 0 Å². The van der Waals surface area contributed by atoms with Gasteiger partial charge in [-0.25, -0.2) is 9.37 Å². The fraction of sp³-hybridized carbons (Fsp3) is 0.250. The van der Waals surface area contributed by atoms with Crippen molar-refractivity contribution in [2.45, 2.75) is 19.8 Å². The normalized spacial score (nSPS) is 11.1. The maximum absolute atomic E-state index is 13.6. The molecule has 0 atom stereocenters. The topological polar surface area (TPSA) is 12.9 Å². The Balaban J connectivity index is 2.46. The summed E-state index contributed by atoms with van der Waals surface area (Å²) in [5.74, 6) is 0.203. The summed E-state index contributed by atoms with van der Waals surface area (Å²) >= 11 is 4.88. The van der Waals surface area contributed by atoms with Crippen molar-refractivity contribution in [3.05, 3.63) is 39.6 Å². The third-order valence-electron chi connectivity index (χ3n) is 2.25. The first-order valence-corrected chi connectivity index (χ1v) is 6.60. The zero-order valence-electron chi connectivity index (χ0n) is 9.00. The molecule has 1 heterocycles. The highest BCUT2D eigenvalue weighted by atomic mass is 79.9. The summed E-state index contributed by atoms with van der Waals surface area (Å²) < 4.78 is 14.5. The van der Waals surface area contributed by atoms with Crippen LogP contribution < -0.4 is 0 Å². The van der Waals surface area contributed by atoms with E-state index < -0.39 is 0 Å². The number of aromatic nitrogens is 1. The predicted octanol–water partition coefficient (Wildman–Crippen LogP) is 4.84. The molecule has 0 fully saturated rings. The molecule has 4 heteroatoms. The van der Waals surface area contributed by atoms with Gasteiger partial charge in [-0.3, -0.25) is 0 Å². The van der Waals surface area contributed by atoms with Crippen LogP contribution in [0.25, 0.3) is 10.6 Å². The van der Waals surface area contributed by atoms with Crippen molar-refractivity contribution < 1.29 is 4.39 Å². The first-order chi connectivity index (χ1) is 7.58. The first kappa shape index (κ1) is 11.7. The summed E-state index contributed by atoms with van der Waals surface area (Å²) in [6.07, 6.45) is 1.82.